The van der Waals surface area contributed by atoms with Gasteiger partial charge in [0, 0.05) is 25.8 Å². The number of rotatable bonds is 4. The van der Waals surface area contributed by atoms with Gasteiger partial charge in [-0.05, 0) is 42.4 Å². The Kier molecular flexibility index (Phi) is 3.20. The van der Waals surface area contributed by atoms with Crippen LogP contribution in [0.3, 0.4) is 0 Å². The molecule has 2 nitrogen and oxygen atoms in total. The second-order valence-electron chi connectivity index (χ2n) is 5.19. The highest BCUT2D eigenvalue weighted by Crippen LogP contribution is 2.39. The number of hydrogen-bond donors (Lipinski definition) is 1. The Balaban J connectivity index is 2.13. The molecular weight excluding hydrogens is 196 g/mol. The molecule has 0 aromatic heterocycles. The van der Waals surface area contributed by atoms with Gasteiger partial charge in [0.25, 0.3) is 0 Å². The molecule has 1 fully saturated rings. The molecule has 2 heteroatoms. The van der Waals surface area contributed by atoms with Crippen molar-refractivity contribution < 1.29 is 0 Å². The molecule has 1 aromatic carbocycles. The molecule has 0 radical (unpaired) electrons. The van der Waals surface area contributed by atoms with Gasteiger partial charge in [-0.25, -0.2) is 0 Å². The van der Waals surface area contributed by atoms with E-state index in [1.165, 1.54) is 23.2 Å². The van der Waals surface area contributed by atoms with Gasteiger partial charge >= 0.3 is 0 Å². The van der Waals surface area contributed by atoms with E-state index in [9.17, 15) is 0 Å². The molecule has 0 saturated heterocycles. The SMILES string of the molecule is Cc1ccc(CN)c(N(C)CC2CC2C)c1. The molecule has 0 amide bonds. The summed E-state index contributed by atoms with van der Waals surface area (Å²) in [6, 6.07) is 6.53. The Morgan fingerprint density at radius 2 is 2.12 bits per heavy atom. The van der Waals surface area contributed by atoms with Gasteiger partial charge in [0.1, 0.15) is 0 Å². The van der Waals surface area contributed by atoms with Crippen LogP contribution in [0.1, 0.15) is 24.5 Å². The molecule has 16 heavy (non-hydrogen) atoms. The fourth-order valence-electron chi connectivity index (χ4n) is 2.31. The molecule has 2 N–H and O–H groups in total. The Morgan fingerprint density at radius 3 is 2.69 bits per heavy atom. The van der Waals surface area contributed by atoms with E-state index in [0.29, 0.717) is 6.54 Å². The van der Waals surface area contributed by atoms with Crippen molar-refractivity contribution in [1.82, 2.24) is 0 Å². The van der Waals surface area contributed by atoms with Gasteiger partial charge in [-0.15, -0.1) is 0 Å². The van der Waals surface area contributed by atoms with Crippen molar-refractivity contribution >= 4 is 5.69 Å². The van der Waals surface area contributed by atoms with Crippen LogP contribution >= 0.6 is 0 Å². The first kappa shape index (κ1) is 11.5. The molecule has 1 saturated carbocycles. The van der Waals surface area contributed by atoms with E-state index in [2.05, 4.69) is 44.0 Å². The Bertz CT molecular complexity index is 373. The first-order valence-corrected chi connectivity index (χ1v) is 6.12. The fraction of sp³-hybridized carbons (Fsp3) is 0.571. The summed E-state index contributed by atoms with van der Waals surface area (Å²) in [5, 5.41) is 0. The summed E-state index contributed by atoms with van der Waals surface area (Å²) < 4.78 is 0. The van der Waals surface area contributed by atoms with Crippen LogP contribution in [0.5, 0.6) is 0 Å². The summed E-state index contributed by atoms with van der Waals surface area (Å²) in [4.78, 5) is 2.36. The van der Waals surface area contributed by atoms with E-state index < -0.39 is 0 Å². The van der Waals surface area contributed by atoms with Crippen LogP contribution in [0.4, 0.5) is 5.69 Å². The van der Waals surface area contributed by atoms with Crippen LogP contribution in [0.15, 0.2) is 18.2 Å². The maximum absolute atomic E-state index is 5.79. The van der Waals surface area contributed by atoms with Crippen LogP contribution in [-0.2, 0) is 6.54 Å². The molecule has 1 aliphatic rings. The molecule has 2 rings (SSSR count). The summed E-state index contributed by atoms with van der Waals surface area (Å²) in [5.74, 6) is 1.80. The van der Waals surface area contributed by atoms with Gasteiger partial charge in [-0.1, -0.05) is 19.1 Å². The van der Waals surface area contributed by atoms with Crippen LogP contribution in [0.2, 0.25) is 0 Å². The lowest BCUT2D eigenvalue weighted by Gasteiger charge is -2.22. The minimum atomic E-state index is 0.625. The quantitative estimate of drug-likeness (QED) is 0.841. The van der Waals surface area contributed by atoms with E-state index in [-0.39, 0.29) is 0 Å². The minimum absolute atomic E-state index is 0.625. The van der Waals surface area contributed by atoms with E-state index >= 15 is 0 Å². The lowest BCUT2D eigenvalue weighted by Crippen LogP contribution is -2.22. The van der Waals surface area contributed by atoms with Gasteiger partial charge in [0.05, 0.1) is 0 Å². The number of benzene rings is 1. The number of hydrogen-bond acceptors (Lipinski definition) is 2. The Hall–Kier alpha value is -1.02. The first-order valence-electron chi connectivity index (χ1n) is 6.12. The van der Waals surface area contributed by atoms with E-state index in [1.54, 1.807) is 0 Å². The average Bonchev–Trinajstić information content (AvgIpc) is 2.94. The topological polar surface area (TPSA) is 29.3 Å². The first-order chi connectivity index (χ1) is 7.61. The molecule has 0 heterocycles. The highest BCUT2D eigenvalue weighted by Gasteiger charge is 2.33. The zero-order valence-electron chi connectivity index (χ0n) is 10.5. The largest absolute Gasteiger partial charge is 0.374 e. The highest BCUT2D eigenvalue weighted by molar-refractivity contribution is 5.55. The van der Waals surface area contributed by atoms with Crippen molar-refractivity contribution in [2.24, 2.45) is 17.6 Å². The fourth-order valence-corrected chi connectivity index (χ4v) is 2.31. The molecule has 2 atom stereocenters. The number of nitrogens with zero attached hydrogens (tertiary/aromatic N) is 1. The standard InChI is InChI=1S/C14H22N2/c1-10-4-5-12(8-15)14(6-10)16(3)9-13-7-11(13)2/h4-6,11,13H,7-9,15H2,1-3H3. The maximum atomic E-state index is 5.79. The molecule has 1 aliphatic carbocycles. The number of anilines is 1. The molecule has 88 valence electrons. The van der Waals surface area contributed by atoms with E-state index in [0.717, 1.165) is 18.4 Å². The number of aryl methyl sites for hydroxylation is 1. The maximum Gasteiger partial charge on any atom is 0.0411 e. The summed E-state index contributed by atoms with van der Waals surface area (Å²) in [6.07, 6.45) is 1.38. The third-order valence-electron chi connectivity index (χ3n) is 3.66. The molecule has 0 spiro atoms. The van der Waals surface area contributed by atoms with Crippen molar-refractivity contribution in [3.05, 3.63) is 29.3 Å². The lowest BCUT2D eigenvalue weighted by molar-refractivity contribution is 0.722. The van der Waals surface area contributed by atoms with Gasteiger partial charge < -0.3 is 10.6 Å². The molecule has 2 unspecified atom stereocenters. The zero-order valence-corrected chi connectivity index (χ0v) is 10.5. The predicted molar refractivity (Wildman–Crippen MR) is 69.6 cm³/mol. The Morgan fingerprint density at radius 1 is 1.44 bits per heavy atom. The van der Waals surface area contributed by atoms with Gasteiger partial charge in [0.15, 0.2) is 0 Å². The summed E-state index contributed by atoms with van der Waals surface area (Å²) >= 11 is 0. The molecule has 1 aromatic rings. The third kappa shape index (κ3) is 2.38. The van der Waals surface area contributed by atoms with Crippen molar-refractivity contribution in [3.8, 4) is 0 Å². The molecular formula is C14H22N2. The smallest absolute Gasteiger partial charge is 0.0411 e. The van der Waals surface area contributed by atoms with Crippen LogP contribution in [-0.4, -0.2) is 13.6 Å². The summed E-state index contributed by atoms with van der Waals surface area (Å²) in [7, 11) is 2.18. The van der Waals surface area contributed by atoms with Crippen LogP contribution in [0.25, 0.3) is 0 Å². The van der Waals surface area contributed by atoms with Crippen LogP contribution in [0, 0.1) is 18.8 Å². The normalized spacial score (nSPS) is 23.2. The van der Waals surface area contributed by atoms with Crippen molar-refractivity contribution in [2.75, 3.05) is 18.5 Å². The van der Waals surface area contributed by atoms with Crippen molar-refractivity contribution in [3.63, 3.8) is 0 Å². The van der Waals surface area contributed by atoms with E-state index in [4.69, 9.17) is 5.73 Å². The predicted octanol–water partition coefficient (Wildman–Crippen LogP) is 2.55. The van der Waals surface area contributed by atoms with Crippen molar-refractivity contribution in [2.45, 2.75) is 26.8 Å². The van der Waals surface area contributed by atoms with Gasteiger partial charge in [0.2, 0.25) is 0 Å². The minimum Gasteiger partial charge on any atom is -0.374 e. The average molecular weight is 218 g/mol. The third-order valence-corrected chi connectivity index (χ3v) is 3.66. The Labute approximate surface area is 98.4 Å². The van der Waals surface area contributed by atoms with Crippen LogP contribution < -0.4 is 10.6 Å². The number of nitrogens with two attached hydrogens (primary N) is 1. The lowest BCUT2D eigenvalue weighted by atomic mass is 10.1. The summed E-state index contributed by atoms with van der Waals surface area (Å²) in [6.45, 7) is 6.26. The second kappa shape index (κ2) is 4.46. The molecule has 0 bridgehead atoms. The van der Waals surface area contributed by atoms with Gasteiger partial charge in [-0.2, -0.15) is 0 Å². The van der Waals surface area contributed by atoms with Crippen molar-refractivity contribution in [1.29, 1.82) is 0 Å². The second-order valence-corrected chi connectivity index (χ2v) is 5.19. The zero-order chi connectivity index (χ0) is 11.7. The monoisotopic (exact) mass is 218 g/mol. The highest BCUT2D eigenvalue weighted by atomic mass is 15.1. The van der Waals surface area contributed by atoms with E-state index in [1.807, 2.05) is 0 Å². The summed E-state index contributed by atoms with van der Waals surface area (Å²) in [5.41, 5.74) is 9.65. The molecule has 0 aliphatic heterocycles. The van der Waals surface area contributed by atoms with Gasteiger partial charge in [-0.3, -0.25) is 0 Å².